The van der Waals surface area contributed by atoms with Crippen molar-refractivity contribution in [3.8, 4) is 16.9 Å². The predicted octanol–water partition coefficient (Wildman–Crippen LogP) is 4.21. The van der Waals surface area contributed by atoms with Crippen LogP contribution in [0.3, 0.4) is 0 Å². The van der Waals surface area contributed by atoms with E-state index in [1.54, 1.807) is 6.20 Å². The minimum absolute atomic E-state index is 0.151. The number of hydrogen-bond donors (Lipinski definition) is 1. The summed E-state index contributed by atoms with van der Waals surface area (Å²) in [4.78, 5) is 35.3. The normalized spacial score (nSPS) is 13.5. The molecule has 4 aromatic heterocycles. The van der Waals surface area contributed by atoms with Crippen molar-refractivity contribution in [2.45, 2.75) is 33.1 Å². The van der Waals surface area contributed by atoms with Gasteiger partial charge in [0.25, 0.3) is 5.91 Å². The fraction of sp³-hybridized carbons (Fsp3) is 0.370. The first kappa shape index (κ1) is 26.1. The van der Waals surface area contributed by atoms with Gasteiger partial charge in [-0.05, 0) is 19.1 Å². The van der Waals surface area contributed by atoms with E-state index in [0.717, 1.165) is 58.1 Å². The Bertz CT molecular complexity index is 1470. The molecule has 0 aliphatic carbocycles. The van der Waals surface area contributed by atoms with Crippen molar-refractivity contribution in [2.24, 2.45) is 0 Å². The summed E-state index contributed by atoms with van der Waals surface area (Å²) in [6, 6.07) is 5.87. The number of hydrogen-bond acceptors (Lipinski definition) is 7. The highest BCUT2D eigenvalue weighted by Gasteiger charge is 2.24. The molecule has 0 saturated heterocycles. The number of rotatable bonds is 5. The minimum Gasteiger partial charge on any atom is -0.368 e. The lowest BCUT2D eigenvalue weighted by atomic mass is 9.92. The molecule has 1 amide bonds. The summed E-state index contributed by atoms with van der Waals surface area (Å²) in [6.07, 6.45) is 8.97. The summed E-state index contributed by atoms with van der Waals surface area (Å²) >= 11 is 2.41. The molecule has 10 nitrogen and oxygen atoms in total. The third-order valence-corrected chi connectivity index (χ3v) is 7.15. The average molecular weight is 626 g/mol. The number of amides is 1. The van der Waals surface area contributed by atoms with Crippen LogP contribution in [0.2, 0.25) is 0 Å². The number of nitrogens with zero attached hydrogens (tertiary/aromatic N) is 8. The van der Waals surface area contributed by atoms with Crippen LogP contribution in [0.25, 0.3) is 16.9 Å². The highest BCUT2D eigenvalue weighted by Crippen LogP contribution is 2.30. The molecule has 0 fully saturated rings. The van der Waals surface area contributed by atoms with Crippen molar-refractivity contribution < 1.29 is 4.79 Å². The Morgan fingerprint density at radius 3 is 2.66 bits per heavy atom. The van der Waals surface area contributed by atoms with Crippen molar-refractivity contribution in [1.82, 2.24) is 29.4 Å². The first-order valence-electron chi connectivity index (χ1n) is 12.5. The summed E-state index contributed by atoms with van der Waals surface area (Å²) in [7, 11) is 2.07. The molecule has 11 heteroatoms. The lowest BCUT2D eigenvalue weighted by molar-refractivity contribution is 0.102. The van der Waals surface area contributed by atoms with E-state index in [0.29, 0.717) is 11.4 Å². The maximum atomic E-state index is 13.2. The summed E-state index contributed by atoms with van der Waals surface area (Å²) in [5.74, 6) is 0.192. The summed E-state index contributed by atoms with van der Waals surface area (Å²) < 4.78 is 3.08. The van der Waals surface area contributed by atoms with Gasteiger partial charge in [-0.25, -0.2) is 14.6 Å². The van der Waals surface area contributed by atoms with Gasteiger partial charge in [0, 0.05) is 54.0 Å². The molecule has 4 aromatic rings. The number of alkyl halides is 1. The van der Waals surface area contributed by atoms with Crippen LogP contribution >= 0.6 is 22.6 Å². The summed E-state index contributed by atoms with van der Waals surface area (Å²) in [5, 5.41) is 5.09. The van der Waals surface area contributed by atoms with Gasteiger partial charge in [-0.15, -0.1) is 0 Å². The number of fused-ring (bicyclic) bond motifs is 4. The quantitative estimate of drug-likeness (QED) is 0.262. The molecule has 0 spiro atoms. The first-order chi connectivity index (χ1) is 18.2. The minimum atomic E-state index is -0.272. The molecule has 1 aliphatic rings. The number of carbonyl (C=O) groups is 1. The Labute approximate surface area is 236 Å². The standard InChI is InChI=1S/C27H32IN9O/c1-18-22(11-20(14-30-18)26(38)33-25-12-24(27(2,3)4)31-17-32-25)36-16-23-19-10-21(15-29-13-19)35(7-6-28)9-8-34(5)37(23)36/h10-17H,6-9H2,1-5H3,(H,31,32,33,38). The van der Waals surface area contributed by atoms with Crippen LogP contribution in [0.15, 0.2) is 49.3 Å². The second kappa shape index (κ2) is 10.4. The second-order valence-electron chi connectivity index (χ2n) is 10.5. The van der Waals surface area contributed by atoms with Gasteiger partial charge in [0.05, 0.1) is 47.3 Å². The Morgan fingerprint density at radius 2 is 1.89 bits per heavy atom. The lowest BCUT2D eigenvalue weighted by Crippen LogP contribution is -2.44. The first-order valence-corrected chi connectivity index (χ1v) is 14.1. The molecule has 5 heterocycles. The second-order valence-corrected chi connectivity index (χ2v) is 11.5. The highest BCUT2D eigenvalue weighted by molar-refractivity contribution is 14.1. The highest BCUT2D eigenvalue weighted by atomic mass is 127. The molecule has 0 saturated carbocycles. The average Bonchev–Trinajstić information content (AvgIpc) is 2.88. The maximum absolute atomic E-state index is 13.2. The van der Waals surface area contributed by atoms with Crippen molar-refractivity contribution in [3.63, 3.8) is 0 Å². The van der Waals surface area contributed by atoms with Crippen LogP contribution in [-0.4, -0.2) is 66.4 Å². The fourth-order valence-corrected chi connectivity index (χ4v) is 5.05. The van der Waals surface area contributed by atoms with Crippen LogP contribution in [0.4, 0.5) is 11.5 Å². The molecule has 0 radical (unpaired) electrons. The fourth-order valence-electron chi connectivity index (χ4n) is 4.47. The predicted molar refractivity (Wildman–Crippen MR) is 158 cm³/mol. The number of aromatic nitrogens is 6. The van der Waals surface area contributed by atoms with Gasteiger partial charge in [0.1, 0.15) is 17.8 Å². The molecule has 1 N–H and O–H groups in total. The third-order valence-electron chi connectivity index (χ3n) is 6.67. The number of likely N-dealkylation sites (N-methyl/N-ethyl adjacent to an activating group) is 1. The third kappa shape index (κ3) is 5.11. The van der Waals surface area contributed by atoms with Crippen LogP contribution in [0.1, 0.15) is 42.5 Å². The number of halogens is 1. The molecule has 5 rings (SSSR count). The van der Waals surface area contributed by atoms with Crippen molar-refractivity contribution >= 4 is 40.0 Å². The Morgan fingerprint density at radius 1 is 1.08 bits per heavy atom. The Kier molecular flexibility index (Phi) is 7.12. The monoisotopic (exact) mass is 625 g/mol. The van der Waals surface area contributed by atoms with E-state index >= 15 is 0 Å². The zero-order chi connectivity index (χ0) is 27.0. The molecular formula is C27H32IN9O. The van der Waals surface area contributed by atoms with E-state index in [2.05, 4.69) is 103 Å². The molecule has 1 aliphatic heterocycles. The van der Waals surface area contributed by atoms with E-state index in [9.17, 15) is 4.79 Å². The Hall–Kier alpha value is -3.48. The number of carbonyl (C=O) groups excluding carboxylic acids is 1. The van der Waals surface area contributed by atoms with Gasteiger partial charge < -0.3 is 10.2 Å². The van der Waals surface area contributed by atoms with Crippen LogP contribution in [0, 0.1) is 6.92 Å². The Balaban J connectivity index is 1.46. The molecule has 2 bridgehead atoms. The smallest absolute Gasteiger partial charge is 0.258 e. The number of nitrogens with one attached hydrogen (secondary N) is 1. The lowest BCUT2D eigenvalue weighted by Gasteiger charge is -2.34. The van der Waals surface area contributed by atoms with E-state index < -0.39 is 0 Å². The van der Waals surface area contributed by atoms with Crippen molar-refractivity contribution in [1.29, 1.82) is 0 Å². The molecular weight excluding hydrogens is 593 g/mol. The van der Waals surface area contributed by atoms with Gasteiger partial charge >= 0.3 is 0 Å². The summed E-state index contributed by atoms with van der Waals surface area (Å²) in [6.45, 7) is 10.8. The number of aryl methyl sites for hydroxylation is 1. The molecule has 0 unspecified atom stereocenters. The van der Waals surface area contributed by atoms with Gasteiger partial charge in [-0.1, -0.05) is 43.4 Å². The van der Waals surface area contributed by atoms with E-state index in [1.165, 1.54) is 6.33 Å². The topological polar surface area (TPSA) is 97.0 Å². The molecule has 38 heavy (non-hydrogen) atoms. The van der Waals surface area contributed by atoms with Gasteiger partial charge in [-0.3, -0.25) is 19.8 Å². The van der Waals surface area contributed by atoms with Crippen LogP contribution in [-0.2, 0) is 5.41 Å². The zero-order valence-corrected chi connectivity index (χ0v) is 24.5. The van der Waals surface area contributed by atoms with Crippen molar-refractivity contribution in [2.75, 3.05) is 46.3 Å². The van der Waals surface area contributed by atoms with E-state index in [4.69, 9.17) is 0 Å². The van der Waals surface area contributed by atoms with E-state index in [1.807, 2.05) is 36.1 Å². The van der Waals surface area contributed by atoms with Crippen LogP contribution < -0.4 is 15.2 Å². The summed E-state index contributed by atoms with van der Waals surface area (Å²) in [5.41, 5.74) is 6.03. The molecule has 198 valence electrons. The van der Waals surface area contributed by atoms with Gasteiger partial charge in [-0.2, -0.15) is 4.79 Å². The number of anilines is 2. The molecule has 0 aromatic carbocycles. The molecule has 0 atom stereocenters. The van der Waals surface area contributed by atoms with Gasteiger partial charge in [0.15, 0.2) is 0 Å². The van der Waals surface area contributed by atoms with E-state index in [-0.39, 0.29) is 11.3 Å². The number of pyridine rings is 2. The maximum Gasteiger partial charge on any atom is 0.258 e. The SMILES string of the molecule is Cc1ncc(C(=O)Nc2cc(C(C)(C)C)ncn2)cc1-n1cc2n1N(C)CCN(CCI)c1cncc-2c1. The van der Waals surface area contributed by atoms with Crippen molar-refractivity contribution in [3.05, 3.63) is 66.3 Å². The largest absolute Gasteiger partial charge is 0.368 e. The van der Waals surface area contributed by atoms with Gasteiger partial charge in [0.2, 0.25) is 0 Å². The zero-order valence-electron chi connectivity index (χ0n) is 22.3. The van der Waals surface area contributed by atoms with Crippen LogP contribution in [0.5, 0.6) is 0 Å².